The minimum Gasteiger partial charge on any atom is -0.462 e. The molecule has 3 nitrogen and oxygen atoms in total. The van der Waals surface area contributed by atoms with Crippen molar-refractivity contribution in [2.45, 2.75) is 13.8 Å². The summed E-state index contributed by atoms with van der Waals surface area (Å²) >= 11 is 9.68. The van der Waals surface area contributed by atoms with E-state index in [0.29, 0.717) is 17.2 Å². The van der Waals surface area contributed by atoms with E-state index < -0.39 is 5.97 Å². The zero-order valence-electron chi connectivity index (χ0n) is 9.96. The molecule has 0 saturated carbocycles. The molecule has 0 N–H and O–H groups in total. The van der Waals surface area contributed by atoms with Crippen LogP contribution < -0.4 is 0 Å². The highest BCUT2D eigenvalue weighted by Gasteiger charge is 2.16. The third-order valence-electron chi connectivity index (χ3n) is 2.56. The van der Waals surface area contributed by atoms with Crippen LogP contribution >= 0.6 is 27.5 Å². The normalized spacial score (nSPS) is 10.7. The average molecular weight is 329 g/mol. The van der Waals surface area contributed by atoms with Crippen molar-refractivity contribution in [3.8, 4) is 0 Å². The molecule has 0 atom stereocenters. The van der Waals surface area contributed by atoms with Crippen molar-refractivity contribution in [3.63, 3.8) is 0 Å². The smallest absolute Gasteiger partial charge is 0.341 e. The van der Waals surface area contributed by atoms with Crippen LogP contribution in [0.1, 0.15) is 22.8 Å². The summed E-state index contributed by atoms with van der Waals surface area (Å²) < 4.78 is 5.88. The molecular formula is C13H11BrClNO2. The first-order valence-electron chi connectivity index (χ1n) is 5.46. The Labute approximate surface area is 118 Å². The number of rotatable bonds is 2. The number of aromatic nitrogens is 1. The second-order valence-corrected chi connectivity index (χ2v) is 5.12. The van der Waals surface area contributed by atoms with Gasteiger partial charge in [-0.3, -0.25) is 4.98 Å². The van der Waals surface area contributed by atoms with E-state index in [-0.39, 0.29) is 0 Å². The number of carbonyl (C=O) groups is 1. The number of hydrogen-bond donors (Lipinski definition) is 0. The van der Waals surface area contributed by atoms with Gasteiger partial charge in [0.05, 0.1) is 22.7 Å². The number of halogens is 2. The van der Waals surface area contributed by atoms with E-state index in [1.807, 2.05) is 19.1 Å². The standard InChI is InChI=1S/C13H11BrClNO2/c1-3-18-13(17)9-6-16-10-5-8(14)4-7(2)11(10)12(9)15/h4-6H,3H2,1-2H3. The number of aryl methyl sites for hydroxylation is 1. The Morgan fingerprint density at radius 3 is 2.89 bits per heavy atom. The van der Waals surface area contributed by atoms with Crippen molar-refractivity contribution < 1.29 is 9.53 Å². The first-order valence-corrected chi connectivity index (χ1v) is 6.63. The van der Waals surface area contributed by atoms with E-state index in [9.17, 15) is 4.79 Å². The Balaban J connectivity index is 2.67. The van der Waals surface area contributed by atoms with Gasteiger partial charge in [0.25, 0.3) is 0 Å². The first-order chi connectivity index (χ1) is 8.54. The average Bonchev–Trinajstić information content (AvgIpc) is 2.28. The summed E-state index contributed by atoms with van der Waals surface area (Å²) in [6.45, 7) is 3.99. The second kappa shape index (κ2) is 5.24. The summed E-state index contributed by atoms with van der Waals surface area (Å²) in [6.07, 6.45) is 1.45. The number of benzene rings is 1. The lowest BCUT2D eigenvalue weighted by Crippen LogP contribution is -2.06. The van der Waals surface area contributed by atoms with E-state index in [4.69, 9.17) is 16.3 Å². The third kappa shape index (κ3) is 2.35. The first kappa shape index (κ1) is 13.3. The molecule has 2 rings (SSSR count). The van der Waals surface area contributed by atoms with E-state index in [2.05, 4.69) is 20.9 Å². The van der Waals surface area contributed by atoms with E-state index in [1.54, 1.807) is 6.92 Å². The molecule has 1 aromatic heterocycles. The van der Waals surface area contributed by atoms with E-state index >= 15 is 0 Å². The molecule has 5 heteroatoms. The van der Waals surface area contributed by atoms with Crippen molar-refractivity contribution in [1.82, 2.24) is 4.98 Å². The molecule has 1 aromatic carbocycles. The summed E-state index contributed by atoms with van der Waals surface area (Å²) in [5.74, 6) is -0.445. The van der Waals surface area contributed by atoms with Crippen LogP contribution in [-0.2, 0) is 4.74 Å². The van der Waals surface area contributed by atoms with Crippen LogP contribution in [0.4, 0.5) is 0 Å². The monoisotopic (exact) mass is 327 g/mol. The molecule has 1 heterocycles. The topological polar surface area (TPSA) is 39.2 Å². The van der Waals surface area contributed by atoms with Gasteiger partial charge in [-0.2, -0.15) is 0 Å². The molecule has 0 bridgehead atoms. The fraction of sp³-hybridized carbons (Fsp3) is 0.231. The van der Waals surface area contributed by atoms with Crippen molar-refractivity contribution >= 4 is 44.4 Å². The van der Waals surface area contributed by atoms with Crippen molar-refractivity contribution in [2.24, 2.45) is 0 Å². The minimum atomic E-state index is -0.445. The van der Waals surface area contributed by atoms with Crippen LogP contribution in [0.15, 0.2) is 22.8 Å². The summed E-state index contributed by atoms with van der Waals surface area (Å²) in [5.41, 5.74) is 2.01. The van der Waals surface area contributed by atoms with E-state index in [1.165, 1.54) is 6.20 Å². The predicted molar refractivity (Wildman–Crippen MR) is 75.1 cm³/mol. The highest BCUT2D eigenvalue weighted by Crippen LogP contribution is 2.31. The number of pyridine rings is 1. The quantitative estimate of drug-likeness (QED) is 0.778. The van der Waals surface area contributed by atoms with Crippen LogP contribution in [0.25, 0.3) is 10.9 Å². The van der Waals surface area contributed by atoms with Gasteiger partial charge >= 0.3 is 5.97 Å². The van der Waals surface area contributed by atoms with E-state index in [0.717, 1.165) is 20.9 Å². The number of esters is 1. The number of fused-ring (bicyclic) bond motifs is 1. The molecule has 0 amide bonds. The van der Waals surface area contributed by atoms with Gasteiger partial charge in [-0.15, -0.1) is 0 Å². The lowest BCUT2D eigenvalue weighted by Gasteiger charge is -2.09. The molecule has 0 aliphatic heterocycles. The van der Waals surface area contributed by atoms with Crippen molar-refractivity contribution in [2.75, 3.05) is 6.61 Å². The van der Waals surface area contributed by atoms with Crippen LogP contribution in [-0.4, -0.2) is 17.6 Å². The largest absolute Gasteiger partial charge is 0.462 e. The Kier molecular flexibility index (Phi) is 3.88. The molecule has 18 heavy (non-hydrogen) atoms. The molecule has 0 aliphatic carbocycles. The molecule has 0 radical (unpaired) electrons. The summed E-state index contributed by atoms with van der Waals surface area (Å²) in [5, 5.41) is 1.17. The van der Waals surface area contributed by atoms with Gasteiger partial charge in [0.15, 0.2) is 0 Å². The maximum atomic E-state index is 11.7. The van der Waals surface area contributed by atoms with Crippen LogP contribution in [0.3, 0.4) is 0 Å². The van der Waals surface area contributed by atoms with Gasteiger partial charge < -0.3 is 4.74 Å². The lowest BCUT2D eigenvalue weighted by molar-refractivity contribution is 0.0526. The maximum absolute atomic E-state index is 11.7. The predicted octanol–water partition coefficient (Wildman–Crippen LogP) is 4.14. The summed E-state index contributed by atoms with van der Waals surface area (Å²) in [4.78, 5) is 16.0. The lowest BCUT2D eigenvalue weighted by atomic mass is 10.1. The summed E-state index contributed by atoms with van der Waals surface area (Å²) in [6, 6.07) is 3.80. The molecule has 0 fully saturated rings. The van der Waals surface area contributed by atoms with Crippen molar-refractivity contribution in [3.05, 3.63) is 39.0 Å². The Morgan fingerprint density at radius 2 is 2.22 bits per heavy atom. The Morgan fingerprint density at radius 1 is 1.50 bits per heavy atom. The molecule has 0 spiro atoms. The Hall–Kier alpha value is -1.13. The van der Waals surface area contributed by atoms with Crippen LogP contribution in [0, 0.1) is 6.92 Å². The highest BCUT2D eigenvalue weighted by atomic mass is 79.9. The SMILES string of the molecule is CCOC(=O)c1cnc2cc(Br)cc(C)c2c1Cl. The zero-order valence-corrected chi connectivity index (χ0v) is 12.3. The van der Waals surface area contributed by atoms with Gasteiger partial charge in [0.1, 0.15) is 0 Å². The van der Waals surface area contributed by atoms with Crippen molar-refractivity contribution in [1.29, 1.82) is 0 Å². The molecule has 0 unspecified atom stereocenters. The van der Waals surface area contributed by atoms with Gasteiger partial charge in [-0.1, -0.05) is 27.5 Å². The number of nitrogens with zero attached hydrogens (tertiary/aromatic N) is 1. The van der Waals surface area contributed by atoms with Gasteiger partial charge in [0.2, 0.25) is 0 Å². The fourth-order valence-corrected chi connectivity index (χ4v) is 2.72. The Bertz CT molecular complexity index is 628. The molecule has 2 aromatic rings. The number of ether oxygens (including phenoxy) is 1. The fourth-order valence-electron chi connectivity index (χ4n) is 1.79. The maximum Gasteiger partial charge on any atom is 0.341 e. The summed E-state index contributed by atoms with van der Waals surface area (Å²) in [7, 11) is 0. The zero-order chi connectivity index (χ0) is 13.3. The third-order valence-corrected chi connectivity index (χ3v) is 3.41. The van der Waals surface area contributed by atoms with Gasteiger partial charge in [-0.05, 0) is 31.5 Å². The molecule has 0 aliphatic rings. The second-order valence-electron chi connectivity index (χ2n) is 3.82. The molecular weight excluding hydrogens is 318 g/mol. The molecule has 94 valence electrons. The minimum absolute atomic E-state index is 0.302. The highest BCUT2D eigenvalue weighted by molar-refractivity contribution is 9.10. The van der Waals surface area contributed by atoms with Crippen LogP contribution in [0.5, 0.6) is 0 Å². The van der Waals surface area contributed by atoms with Crippen LogP contribution in [0.2, 0.25) is 5.02 Å². The number of hydrogen-bond acceptors (Lipinski definition) is 3. The molecule has 0 saturated heterocycles. The van der Waals surface area contributed by atoms with Gasteiger partial charge in [0, 0.05) is 16.1 Å². The number of carbonyl (C=O) groups excluding carboxylic acids is 1. The van der Waals surface area contributed by atoms with Gasteiger partial charge in [-0.25, -0.2) is 4.79 Å².